The molecule has 0 radical (unpaired) electrons. The Balaban J connectivity index is 3.19. The maximum absolute atomic E-state index is 13.6. The predicted octanol–water partition coefficient (Wildman–Crippen LogP) is -1.12. The van der Waals surface area contributed by atoms with Crippen LogP contribution < -0.4 is 37.6 Å². The fourth-order valence-corrected chi connectivity index (χ4v) is 5.14. The maximum atomic E-state index is 13.6. The highest BCUT2D eigenvalue weighted by Crippen LogP contribution is 2.11. The maximum Gasteiger partial charge on any atom is 0.325 e. The first kappa shape index (κ1) is 47.4. The molecule has 7 atom stereocenters. The van der Waals surface area contributed by atoms with Crippen LogP contribution in [0.25, 0.3) is 0 Å². The number of benzene rings is 1. The average Bonchev–Trinajstić information content (AvgIpc) is 3.08. The van der Waals surface area contributed by atoms with Crippen LogP contribution in [-0.2, 0) is 49.6 Å². The first-order valence-corrected chi connectivity index (χ1v) is 17.8. The molecule has 0 aliphatic heterocycles. The molecule has 1 aromatic rings. The Kier molecular flexibility index (Phi) is 19.5. The van der Waals surface area contributed by atoms with E-state index in [-0.39, 0.29) is 12.8 Å². The molecule has 1 aromatic carbocycles. The van der Waals surface area contributed by atoms with Gasteiger partial charge in [-0.3, -0.25) is 43.2 Å². The third-order valence-corrected chi connectivity index (χ3v) is 8.40. The third-order valence-electron chi connectivity index (χ3n) is 8.40. The average molecular weight is 778 g/mol. The molecule has 0 heterocycles. The quantitative estimate of drug-likeness (QED) is 0.0630. The SMILES string of the molecule is CC(C)[C@H](NC(=O)[C@H](CC(=O)O)NC(=O)[C@@H](NC(=O)[C@@H](NC(=O)[C@H](CCC(=O)O)NC(=O)[C@@H](N)Cc1ccccc1)C(C)C)C(C)C)C(=O)N[C@@H](C)C(=O)O. The summed E-state index contributed by atoms with van der Waals surface area (Å²) in [6, 6.07) is -0.693. The zero-order valence-electron chi connectivity index (χ0n) is 32.1. The molecule has 19 nitrogen and oxygen atoms in total. The molecule has 0 unspecified atom stereocenters. The Morgan fingerprint density at radius 2 is 0.964 bits per heavy atom. The molecule has 1 rings (SSSR count). The van der Waals surface area contributed by atoms with Crippen LogP contribution in [0.4, 0.5) is 0 Å². The van der Waals surface area contributed by atoms with E-state index in [9.17, 15) is 53.4 Å². The Labute approximate surface area is 319 Å². The van der Waals surface area contributed by atoms with Crippen LogP contribution in [0.5, 0.6) is 0 Å². The highest BCUT2D eigenvalue weighted by molar-refractivity contribution is 5.98. The van der Waals surface area contributed by atoms with E-state index < -0.39 is 126 Å². The van der Waals surface area contributed by atoms with Gasteiger partial charge in [-0.2, -0.15) is 0 Å². The van der Waals surface area contributed by atoms with Gasteiger partial charge in [-0.05, 0) is 43.1 Å². The van der Waals surface area contributed by atoms with Crippen LogP contribution in [-0.4, -0.2) is 111 Å². The number of carboxylic acid groups (broad SMARTS) is 3. The number of hydrogen-bond acceptors (Lipinski definition) is 10. The molecule has 0 bridgehead atoms. The van der Waals surface area contributed by atoms with E-state index >= 15 is 0 Å². The smallest absolute Gasteiger partial charge is 0.325 e. The molecule has 55 heavy (non-hydrogen) atoms. The van der Waals surface area contributed by atoms with Crippen molar-refractivity contribution in [1.82, 2.24) is 31.9 Å². The van der Waals surface area contributed by atoms with Gasteiger partial charge < -0.3 is 53.0 Å². The van der Waals surface area contributed by atoms with Crippen molar-refractivity contribution in [3.63, 3.8) is 0 Å². The fourth-order valence-electron chi connectivity index (χ4n) is 5.14. The topological polar surface area (TPSA) is 313 Å². The molecule has 0 aliphatic rings. The molecular weight excluding hydrogens is 722 g/mol. The van der Waals surface area contributed by atoms with E-state index in [2.05, 4.69) is 31.9 Å². The van der Waals surface area contributed by atoms with Gasteiger partial charge in [0.1, 0.15) is 36.3 Å². The summed E-state index contributed by atoms with van der Waals surface area (Å²) in [4.78, 5) is 114. The normalized spacial score (nSPS) is 15.0. The van der Waals surface area contributed by atoms with Crippen molar-refractivity contribution in [2.45, 2.75) is 116 Å². The van der Waals surface area contributed by atoms with Gasteiger partial charge in [0, 0.05) is 6.42 Å². The number of amides is 6. The molecule has 19 heteroatoms. The van der Waals surface area contributed by atoms with E-state index in [1.54, 1.807) is 71.9 Å². The van der Waals surface area contributed by atoms with Crippen LogP contribution in [0.1, 0.15) is 73.3 Å². The van der Waals surface area contributed by atoms with Gasteiger partial charge in [0.25, 0.3) is 0 Å². The van der Waals surface area contributed by atoms with E-state index in [0.29, 0.717) is 0 Å². The standard InChI is InChI=1S/C36H55N7O12/c1-17(2)27(33(51)38-20(7)36(54)55)42-32(50)24(16-26(46)47)40-34(52)28(18(3)4)43-35(53)29(19(5)6)41-31(49)23(13-14-25(44)45)39-30(48)22(37)15-21-11-9-8-10-12-21/h8-12,17-20,22-24,27-29H,13-16,37H2,1-7H3,(H,38,51)(H,39,48)(H,40,52)(H,41,49)(H,42,50)(H,43,53)(H,44,45)(H,46,47)(H,54,55)/t20-,22-,23-,24-,27-,28-,29-/m0/s1. The molecule has 306 valence electrons. The van der Waals surface area contributed by atoms with Gasteiger partial charge in [0.05, 0.1) is 12.5 Å². The van der Waals surface area contributed by atoms with Crippen LogP contribution in [0, 0.1) is 17.8 Å². The minimum atomic E-state index is -1.73. The summed E-state index contributed by atoms with van der Waals surface area (Å²) in [5, 5.41) is 42.3. The van der Waals surface area contributed by atoms with E-state index in [0.717, 1.165) is 5.56 Å². The van der Waals surface area contributed by atoms with E-state index in [1.807, 2.05) is 0 Å². The molecule has 0 saturated carbocycles. The minimum Gasteiger partial charge on any atom is -0.481 e. The van der Waals surface area contributed by atoms with E-state index in [1.165, 1.54) is 6.92 Å². The summed E-state index contributed by atoms with van der Waals surface area (Å²) in [5.41, 5.74) is 6.81. The van der Waals surface area contributed by atoms with Gasteiger partial charge in [0.2, 0.25) is 35.4 Å². The lowest BCUT2D eigenvalue weighted by molar-refractivity contribution is -0.143. The second-order valence-electron chi connectivity index (χ2n) is 14.2. The summed E-state index contributed by atoms with van der Waals surface area (Å²) < 4.78 is 0. The molecule has 0 fully saturated rings. The first-order valence-electron chi connectivity index (χ1n) is 17.8. The van der Waals surface area contributed by atoms with Gasteiger partial charge in [0.15, 0.2) is 0 Å². The highest BCUT2D eigenvalue weighted by atomic mass is 16.4. The van der Waals surface area contributed by atoms with Crippen molar-refractivity contribution in [2.75, 3.05) is 0 Å². The Morgan fingerprint density at radius 1 is 0.545 bits per heavy atom. The first-order chi connectivity index (χ1) is 25.5. The van der Waals surface area contributed by atoms with Gasteiger partial charge in [-0.15, -0.1) is 0 Å². The largest absolute Gasteiger partial charge is 0.481 e. The Hall–Kier alpha value is -5.59. The van der Waals surface area contributed by atoms with E-state index in [4.69, 9.17) is 10.8 Å². The number of aliphatic carboxylic acids is 3. The summed E-state index contributed by atoms with van der Waals surface area (Å²) in [6.45, 7) is 10.6. The van der Waals surface area contributed by atoms with Crippen molar-refractivity contribution in [3.05, 3.63) is 35.9 Å². The molecule has 0 spiro atoms. The van der Waals surface area contributed by atoms with Gasteiger partial charge in [-0.1, -0.05) is 71.9 Å². The number of carbonyl (C=O) groups is 9. The van der Waals surface area contributed by atoms with Crippen molar-refractivity contribution in [3.8, 4) is 0 Å². The molecule has 0 aliphatic carbocycles. The lowest BCUT2D eigenvalue weighted by Crippen LogP contribution is -2.62. The van der Waals surface area contributed by atoms with Gasteiger partial charge in [-0.25, -0.2) is 0 Å². The third kappa shape index (κ3) is 16.5. The molecule has 0 aromatic heterocycles. The van der Waals surface area contributed by atoms with Crippen LogP contribution >= 0.6 is 0 Å². The number of hydrogen-bond donors (Lipinski definition) is 10. The number of nitrogens with one attached hydrogen (secondary N) is 6. The van der Waals surface area contributed by atoms with Crippen LogP contribution in [0.2, 0.25) is 0 Å². The summed E-state index contributed by atoms with van der Waals surface area (Å²) >= 11 is 0. The van der Waals surface area contributed by atoms with Crippen LogP contribution in [0.3, 0.4) is 0 Å². The second kappa shape index (κ2) is 22.6. The summed E-state index contributed by atoms with van der Waals surface area (Å²) in [7, 11) is 0. The predicted molar refractivity (Wildman–Crippen MR) is 197 cm³/mol. The summed E-state index contributed by atoms with van der Waals surface area (Å²) in [6.07, 6.45) is -1.63. The lowest BCUT2D eigenvalue weighted by Gasteiger charge is -2.30. The van der Waals surface area contributed by atoms with Crippen molar-refractivity contribution < 1.29 is 58.5 Å². The van der Waals surface area contributed by atoms with Crippen molar-refractivity contribution in [1.29, 1.82) is 0 Å². The second-order valence-corrected chi connectivity index (χ2v) is 14.2. The Morgan fingerprint density at radius 3 is 1.40 bits per heavy atom. The zero-order valence-corrected chi connectivity index (χ0v) is 32.1. The molecule has 0 saturated heterocycles. The van der Waals surface area contributed by atoms with Crippen LogP contribution in [0.15, 0.2) is 30.3 Å². The number of rotatable bonds is 23. The Bertz CT molecular complexity index is 1540. The number of nitrogens with two attached hydrogens (primary N) is 1. The zero-order chi connectivity index (χ0) is 42.2. The minimum absolute atomic E-state index is 0.129. The van der Waals surface area contributed by atoms with Crippen molar-refractivity contribution >= 4 is 53.4 Å². The monoisotopic (exact) mass is 777 g/mol. The number of carboxylic acids is 3. The van der Waals surface area contributed by atoms with Gasteiger partial charge >= 0.3 is 17.9 Å². The summed E-state index contributed by atoms with van der Waals surface area (Å²) in [5.74, 6) is -11.3. The highest BCUT2D eigenvalue weighted by Gasteiger charge is 2.36. The fraction of sp³-hybridized carbons (Fsp3) is 0.583. The molecular formula is C36H55N7O12. The molecule has 11 N–H and O–H groups in total. The van der Waals surface area contributed by atoms with Crippen molar-refractivity contribution in [2.24, 2.45) is 23.5 Å². The number of carbonyl (C=O) groups excluding carboxylic acids is 6. The molecule has 6 amide bonds. The lowest BCUT2D eigenvalue weighted by atomic mass is 9.98.